The molecule has 1 saturated heterocycles. The second-order valence-electron chi connectivity index (χ2n) is 4.76. The van der Waals surface area contributed by atoms with Crippen LogP contribution in [0.25, 0.3) is 0 Å². The molecule has 2 aliphatic rings. The third-order valence-corrected chi connectivity index (χ3v) is 3.71. The summed E-state index contributed by atoms with van der Waals surface area (Å²) >= 11 is 0. The number of carbonyl (C=O) groups is 1. The van der Waals surface area contributed by atoms with Gasteiger partial charge in [-0.15, -0.1) is 0 Å². The number of aliphatic imine (C=N–C) groups is 1. The first kappa shape index (κ1) is 11.6. The highest BCUT2D eigenvalue weighted by atomic mass is 16.5. The van der Waals surface area contributed by atoms with Gasteiger partial charge in [-0.1, -0.05) is 0 Å². The Hall–Kier alpha value is -0.900. The molecule has 0 bridgehead atoms. The van der Waals surface area contributed by atoms with Gasteiger partial charge in [-0.25, -0.2) is 0 Å². The summed E-state index contributed by atoms with van der Waals surface area (Å²) in [5.41, 5.74) is 0.942. The van der Waals surface area contributed by atoms with Gasteiger partial charge in [0.25, 0.3) is 5.91 Å². The van der Waals surface area contributed by atoms with E-state index in [-0.39, 0.29) is 5.91 Å². The average Bonchev–Trinajstić information content (AvgIpc) is 2.92. The Bertz CT molecular complexity index is 306. The molecule has 16 heavy (non-hydrogen) atoms. The molecule has 1 amide bonds. The topological polar surface area (TPSA) is 50.7 Å². The van der Waals surface area contributed by atoms with Gasteiger partial charge in [0, 0.05) is 25.8 Å². The van der Waals surface area contributed by atoms with Crippen LogP contribution < -0.4 is 5.32 Å². The lowest BCUT2D eigenvalue weighted by atomic mass is 9.96. The molecule has 4 heteroatoms. The smallest absolute Gasteiger partial charge is 0.265 e. The largest absolute Gasteiger partial charge is 0.381 e. The lowest BCUT2D eigenvalue weighted by Crippen LogP contribution is -2.35. The summed E-state index contributed by atoms with van der Waals surface area (Å²) in [4.78, 5) is 15.9. The van der Waals surface area contributed by atoms with Crippen molar-refractivity contribution in [2.24, 2.45) is 10.4 Å². The molecule has 1 atom stereocenters. The Morgan fingerprint density at radius 2 is 2.19 bits per heavy atom. The first-order chi connectivity index (χ1) is 7.68. The molecule has 0 aromatic heterocycles. The lowest BCUT2D eigenvalue weighted by molar-refractivity contribution is -0.115. The lowest BCUT2D eigenvalue weighted by Gasteiger charge is -2.22. The van der Waals surface area contributed by atoms with Gasteiger partial charge in [-0.05, 0) is 38.5 Å². The number of amides is 1. The highest BCUT2D eigenvalue weighted by molar-refractivity contribution is 6.38. The van der Waals surface area contributed by atoms with Gasteiger partial charge in [0.2, 0.25) is 0 Å². The minimum atomic E-state index is -0.00443. The first-order valence-electron chi connectivity index (χ1n) is 6.07. The van der Waals surface area contributed by atoms with Crippen LogP contribution in [-0.4, -0.2) is 37.4 Å². The fraction of sp³-hybridized carbons (Fsp3) is 0.833. The van der Waals surface area contributed by atoms with E-state index in [1.807, 2.05) is 6.92 Å². The fourth-order valence-electron chi connectivity index (χ4n) is 2.45. The van der Waals surface area contributed by atoms with Crippen LogP contribution in [0.5, 0.6) is 0 Å². The van der Waals surface area contributed by atoms with E-state index in [2.05, 4.69) is 10.3 Å². The summed E-state index contributed by atoms with van der Waals surface area (Å²) in [6.07, 6.45) is 3.28. The number of hydrogen-bond donors (Lipinski definition) is 1. The summed E-state index contributed by atoms with van der Waals surface area (Å²) in [5.74, 6) is -0.00443. The molecule has 90 valence electrons. The number of ether oxygens (including phenoxy) is 1. The monoisotopic (exact) mass is 224 g/mol. The van der Waals surface area contributed by atoms with Gasteiger partial charge in [0.05, 0.1) is 5.71 Å². The number of nitrogens with one attached hydrogen (secondary N) is 1. The van der Waals surface area contributed by atoms with E-state index >= 15 is 0 Å². The molecule has 1 heterocycles. The predicted octanol–water partition coefficient (Wildman–Crippen LogP) is 1.15. The van der Waals surface area contributed by atoms with Crippen LogP contribution in [-0.2, 0) is 9.53 Å². The summed E-state index contributed by atoms with van der Waals surface area (Å²) in [7, 11) is 0. The zero-order valence-corrected chi connectivity index (χ0v) is 10.1. The Balaban J connectivity index is 1.84. The third kappa shape index (κ3) is 2.26. The zero-order chi connectivity index (χ0) is 11.6. The van der Waals surface area contributed by atoms with Gasteiger partial charge in [0.1, 0.15) is 0 Å². The van der Waals surface area contributed by atoms with E-state index in [1.165, 1.54) is 0 Å². The normalized spacial score (nSPS) is 27.9. The van der Waals surface area contributed by atoms with Crippen molar-refractivity contribution in [2.75, 3.05) is 19.8 Å². The first-order valence-corrected chi connectivity index (χ1v) is 6.07. The van der Waals surface area contributed by atoms with Crippen molar-refractivity contribution in [1.29, 1.82) is 0 Å². The van der Waals surface area contributed by atoms with Gasteiger partial charge in [0.15, 0.2) is 0 Å². The minimum Gasteiger partial charge on any atom is -0.381 e. The van der Waals surface area contributed by atoms with Crippen LogP contribution in [0.3, 0.4) is 0 Å². The van der Waals surface area contributed by atoms with Crippen molar-refractivity contribution in [3.05, 3.63) is 0 Å². The molecule has 0 aromatic carbocycles. The highest BCUT2D eigenvalue weighted by Gasteiger charge is 2.55. The zero-order valence-electron chi connectivity index (χ0n) is 10.1. The second kappa shape index (κ2) is 4.53. The molecule has 1 spiro atoms. The summed E-state index contributed by atoms with van der Waals surface area (Å²) in [6, 6.07) is 0.353. The van der Waals surface area contributed by atoms with Crippen molar-refractivity contribution in [2.45, 2.75) is 39.2 Å². The molecule has 0 aromatic rings. The standard InChI is InChI=1S/C12H20N2O2/c1-3-13-9(2)11(15)14-10-8-12(10)4-6-16-7-5-12/h10H,3-8H2,1-2H3,(H,14,15). The molecule has 2 fully saturated rings. The van der Waals surface area contributed by atoms with Gasteiger partial charge in [-0.2, -0.15) is 0 Å². The Kier molecular flexibility index (Phi) is 3.28. The molecule has 1 N–H and O–H groups in total. The Labute approximate surface area is 96.5 Å². The Morgan fingerprint density at radius 3 is 2.81 bits per heavy atom. The van der Waals surface area contributed by atoms with Crippen LogP contribution in [0, 0.1) is 5.41 Å². The van der Waals surface area contributed by atoms with Crippen LogP contribution >= 0.6 is 0 Å². The molecule has 1 saturated carbocycles. The van der Waals surface area contributed by atoms with Crippen molar-refractivity contribution in [1.82, 2.24) is 5.32 Å². The van der Waals surface area contributed by atoms with E-state index in [0.717, 1.165) is 32.5 Å². The molecule has 4 nitrogen and oxygen atoms in total. The molecule has 2 rings (SSSR count). The highest BCUT2D eigenvalue weighted by Crippen LogP contribution is 2.53. The number of hydrogen-bond acceptors (Lipinski definition) is 3. The molecule has 1 aliphatic heterocycles. The Morgan fingerprint density at radius 1 is 1.50 bits per heavy atom. The minimum absolute atomic E-state index is 0.00443. The van der Waals surface area contributed by atoms with Crippen molar-refractivity contribution in [3.63, 3.8) is 0 Å². The van der Waals surface area contributed by atoms with E-state index in [4.69, 9.17) is 4.74 Å². The molecule has 1 aliphatic carbocycles. The average molecular weight is 224 g/mol. The summed E-state index contributed by atoms with van der Waals surface area (Å²) < 4.78 is 5.35. The third-order valence-electron chi connectivity index (χ3n) is 3.71. The molecule has 0 radical (unpaired) electrons. The van der Waals surface area contributed by atoms with E-state index in [1.54, 1.807) is 6.92 Å². The SMILES string of the molecule is CCN=C(C)C(=O)NC1CC12CCOCC2. The molecular weight excluding hydrogens is 204 g/mol. The summed E-state index contributed by atoms with van der Waals surface area (Å²) in [5, 5.41) is 3.07. The number of carbonyl (C=O) groups excluding carboxylic acids is 1. The van der Waals surface area contributed by atoms with Crippen LogP contribution in [0.1, 0.15) is 33.1 Å². The van der Waals surface area contributed by atoms with Crippen molar-refractivity contribution < 1.29 is 9.53 Å². The van der Waals surface area contributed by atoms with E-state index < -0.39 is 0 Å². The maximum absolute atomic E-state index is 11.7. The van der Waals surface area contributed by atoms with E-state index in [9.17, 15) is 4.79 Å². The van der Waals surface area contributed by atoms with Crippen LogP contribution in [0.4, 0.5) is 0 Å². The number of nitrogens with zero attached hydrogens (tertiary/aromatic N) is 1. The van der Waals surface area contributed by atoms with E-state index in [0.29, 0.717) is 23.7 Å². The van der Waals surface area contributed by atoms with Gasteiger partial charge >= 0.3 is 0 Å². The summed E-state index contributed by atoms with van der Waals surface area (Å²) in [6.45, 7) is 6.07. The predicted molar refractivity (Wildman–Crippen MR) is 62.7 cm³/mol. The molecule has 1 unspecified atom stereocenters. The van der Waals surface area contributed by atoms with Crippen LogP contribution in [0.2, 0.25) is 0 Å². The quantitative estimate of drug-likeness (QED) is 0.731. The maximum Gasteiger partial charge on any atom is 0.265 e. The maximum atomic E-state index is 11.7. The van der Waals surface area contributed by atoms with Crippen molar-refractivity contribution in [3.8, 4) is 0 Å². The second-order valence-corrected chi connectivity index (χ2v) is 4.76. The van der Waals surface area contributed by atoms with Crippen molar-refractivity contribution >= 4 is 11.6 Å². The fourth-order valence-corrected chi connectivity index (χ4v) is 2.45. The van der Waals surface area contributed by atoms with Gasteiger partial charge < -0.3 is 10.1 Å². The van der Waals surface area contributed by atoms with Crippen LogP contribution in [0.15, 0.2) is 4.99 Å². The molecular formula is C12H20N2O2. The van der Waals surface area contributed by atoms with Gasteiger partial charge in [-0.3, -0.25) is 9.79 Å². The number of rotatable bonds is 3.